The summed E-state index contributed by atoms with van der Waals surface area (Å²) in [6, 6.07) is 4.64. The summed E-state index contributed by atoms with van der Waals surface area (Å²) in [7, 11) is -3.24. The standard InChI is InChI=1S/C14H21FN2O2S/c1-11-9-13(15)5-4-12(11)6-8-17-20(18,19)10-14-3-2-7-16-14/h4-5,9,14,16-17H,2-3,6-8,10H2,1H3. The molecule has 1 aliphatic heterocycles. The van der Waals surface area contributed by atoms with Crippen molar-refractivity contribution in [1.29, 1.82) is 0 Å². The third-order valence-electron chi connectivity index (χ3n) is 3.60. The van der Waals surface area contributed by atoms with Gasteiger partial charge in [-0.3, -0.25) is 0 Å². The molecule has 1 aromatic rings. The molecule has 2 N–H and O–H groups in total. The molecule has 1 aromatic carbocycles. The predicted octanol–water partition coefficient (Wildman–Crippen LogP) is 1.35. The molecule has 1 aliphatic rings. The summed E-state index contributed by atoms with van der Waals surface area (Å²) in [6.45, 7) is 3.08. The van der Waals surface area contributed by atoms with Gasteiger partial charge in [-0.15, -0.1) is 0 Å². The fraction of sp³-hybridized carbons (Fsp3) is 0.571. The molecule has 1 heterocycles. The van der Waals surface area contributed by atoms with Gasteiger partial charge in [0.15, 0.2) is 0 Å². The van der Waals surface area contributed by atoms with Crippen LogP contribution in [0.25, 0.3) is 0 Å². The van der Waals surface area contributed by atoms with Crippen molar-refractivity contribution in [2.45, 2.75) is 32.2 Å². The minimum absolute atomic E-state index is 0.0695. The maximum Gasteiger partial charge on any atom is 0.213 e. The van der Waals surface area contributed by atoms with Crippen molar-refractivity contribution in [3.05, 3.63) is 35.1 Å². The molecule has 112 valence electrons. The fourth-order valence-electron chi connectivity index (χ4n) is 2.50. The van der Waals surface area contributed by atoms with Crippen LogP contribution in [0.1, 0.15) is 24.0 Å². The van der Waals surface area contributed by atoms with Gasteiger partial charge in [-0.1, -0.05) is 6.07 Å². The van der Waals surface area contributed by atoms with Crippen LogP contribution < -0.4 is 10.0 Å². The van der Waals surface area contributed by atoms with E-state index in [2.05, 4.69) is 10.0 Å². The number of nitrogens with one attached hydrogen (secondary N) is 2. The summed E-state index contributed by atoms with van der Waals surface area (Å²) in [4.78, 5) is 0. The molecule has 1 fully saturated rings. The highest BCUT2D eigenvalue weighted by Gasteiger charge is 2.21. The highest BCUT2D eigenvalue weighted by molar-refractivity contribution is 7.89. The quantitative estimate of drug-likeness (QED) is 0.834. The van der Waals surface area contributed by atoms with Crippen LogP contribution in [0.4, 0.5) is 4.39 Å². The zero-order chi connectivity index (χ0) is 14.6. The molecule has 0 amide bonds. The molecule has 4 nitrogen and oxygen atoms in total. The van der Waals surface area contributed by atoms with Crippen LogP contribution in [0.3, 0.4) is 0 Å². The van der Waals surface area contributed by atoms with Crippen molar-refractivity contribution < 1.29 is 12.8 Å². The fourth-order valence-corrected chi connectivity index (χ4v) is 3.85. The Morgan fingerprint density at radius 3 is 2.90 bits per heavy atom. The topological polar surface area (TPSA) is 58.2 Å². The molecule has 0 radical (unpaired) electrons. The van der Waals surface area contributed by atoms with Crippen LogP contribution in [-0.4, -0.2) is 33.3 Å². The van der Waals surface area contributed by atoms with Crippen LogP contribution in [0, 0.1) is 12.7 Å². The first-order valence-corrected chi connectivity index (χ1v) is 8.57. The minimum Gasteiger partial charge on any atom is -0.313 e. The highest BCUT2D eigenvalue weighted by Crippen LogP contribution is 2.11. The van der Waals surface area contributed by atoms with E-state index in [1.54, 1.807) is 6.07 Å². The first-order valence-electron chi connectivity index (χ1n) is 6.92. The second-order valence-corrected chi connectivity index (χ2v) is 7.14. The molecule has 0 saturated carbocycles. The number of hydrogen-bond acceptors (Lipinski definition) is 3. The van der Waals surface area contributed by atoms with Crippen molar-refractivity contribution in [2.75, 3.05) is 18.8 Å². The van der Waals surface area contributed by atoms with E-state index in [0.717, 1.165) is 30.5 Å². The van der Waals surface area contributed by atoms with Gasteiger partial charge in [0.1, 0.15) is 5.82 Å². The van der Waals surface area contributed by atoms with E-state index in [4.69, 9.17) is 0 Å². The maximum atomic E-state index is 13.0. The van der Waals surface area contributed by atoms with Gasteiger partial charge < -0.3 is 5.32 Å². The van der Waals surface area contributed by atoms with Crippen LogP contribution in [0.15, 0.2) is 18.2 Å². The van der Waals surface area contributed by atoms with E-state index in [1.807, 2.05) is 6.92 Å². The van der Waals surface area contributed by atoms with Gasteiger partial charge in [0, 0.05) is 12.6 Å². The van der Waals surface area contributed by atoms with Crippen molar-refractivity contribution in [3.8, 4) is 0 Å². The Morgan fingerprint density at radius 2 is 2.25 bits per heavy atom. The lowest BCUT2D eigenvalue weighted by atomic mass is 10.1. The molecule has 1 saturated heterocycles. The lowest BCUT2D eigenvalue weighted by molar-refractivity contribution is 0.563. The minimum atomic E-state index is -3.24. The van der Waals surface area contributed by atoms with E-state index in [9.17, 15) is 12.8 Å². The van der Waals surface area contributed by atoms with Gasteiger partial charge in [0.05, 0.1) is 5.75 Å². The Labute approximate surface area is 119 Å². The van der Waals surface area contributed by atoms with Crippen molar-refractivity contribution in [3.63, 3.8) is 0 Å². The number of benzene rings is 1. The zero-order valence-corrected chi connectivity index (χ0v) is 12.5. The maximum absolute atomic E-state index is 13.0. The van der Waals surface area contributed by atoms with Crippen LogP contribution in [0.2, 0.25) is 0 Å². The SMILES string of the molecule is Cc1cc(F)ccc1CCNS(=O)(=O)CC1CCCN1. The van der Waals surface area contributed by atoms with Crippen LogP contribution >= 0.6 is 0 Å². The molecule has 0 spiro atoms. The summed E-state index contributed by atoms with van der Waals surface area (Å²) in [6.07, 6.45) is 2.52. The second kappa shape index (κ2) is 6.65. The van der Waals surface area contributed by atoms with Gasteiger partial charge in [-0.05, 0) is 56.0 Å². The Balaban J connectivity index is 1.82. The summed E-state index contributed by atoms with van der Waals surface area (Å²) in [5, 5.41) is 3.18. The highest BCUT2D eigenvalue weighted by atomic mass is 32.2. The van der Waals surface area contributed by atoms with E-state index in [1.165, 1.54) is 12.1 Å². The van der Waals surface area contributed by atoms with Gasteiger partial charge in [0.25, 0.3) is 0 Å². The van der Waals surface area contributed by atoms with Crippen molar-refractivity contribution >= 4 is 10.0 Å². The predicted molar refractivity (Wildman–Crippen MR) is 77.7 cm³/mol. The van der Waals surface area contributed by atoms with Gasteiger partial charge in [0.2, 0.25) is 10.0 Å². The molecule has 0 bridgehead atoms. The first kappa shape index (κ1) is 15.4. The molecule has 2 rings (SSSR count). The van der Waals surface area contributed by atoms with E-state index in [0.29, 0.717) is 13.0 Å². The van der Waals surface area contributed by atoms with Crippen LogP contribution in [0.5, 0.6) is 0 Å². The summed E-state index contributed by atoms with van der Waals surface area (Å²) in [5.41, 5.74) is 1.81. The monoisotopic (exact) mass is 300 g/mol. The van der Waals surface area contributed by atoms with Gasteiger partial charge in [-0.2, -0.15) is 0 Å². The second-order valence-electron chi connectivity index (χ2n) is 5.29. The molecular weight excluding hydrogens is 279 g/mol. The zero-order valence-electron chi connectivity index (χ0n) is 11.7. The van der Waals surface area contributed by atoms with Crippen molar-refractivity contribution in [2.24, 2.45) is 0 Å². The summed E-state index contributed by atoms with van der Waals surface area (Å²) in [5.74, 6) is -0.130. The Hall–Kier alpha value is -0.980. The smallest absolute Gasteiger partial charge is 0.213 e. The number of hydrogen-bond donors (Lipinski definition) is 2. The molecule has 6 heteroatoms. The molecule has 1 unspecified atom stereocenters. The Kier molecular flexibility index (Phi) is 5.12. The Bertz CT molecular complexity index is 554. The Morgan fingerprint density at radius 1 is 1.45 bits per heavy atom. The number of aryl methyl sites for hydroxylation is 1. The molecular formula is C14H21FN2O2S. The van der Waals surface area contributed by atoms with Gasteiger partial charge >= 0.3 is 0 Å². The number of rotatable bonds is 6. The van der Waals surface area contributed by atoms with E-state index in [-0.39, 0.29) is 17.6 Å². The number of halogens is 1. The molecule has 20 heavy (non-hydrogen) atoms. The largest absolute Gasteiger partial charge is 0.313 e. The third kappa shape index (κ3) is 4.54. The van der Waals surface area contributed by atoms with Gasteiger partial charge in [-0.25, -0.2) is 17.5 Å². The average Bonchev–Trinajstić information content (AvgIpc) is 2.84. The average molecular weight is 300 g/mol. The van der Waals surface area contributed by atoms with E-state index >= 15 is 0 Å². The number of sulfonamides is 1. The summed E-state index contributed by atoms with van der Waals surface area (Å²) < 4.78 is 39.4. The summed E-state index contributed by atoms with van der Waals surface area (Å²) >= 11 is 0. The molecule has 0 aliphatic carbocycles. The first-order chi connectivity index (χ1) is 9.46. The molecule has 1 atom stereocenters. The van der Waals surface area contributed by atoms with E-state index < -0.39 is 10.0 Å². The van der Waals surface area contributed by atoms with Crippen molar-refractivity contribution in [1.82, 2.24) is 10.0 Å². The molecule has 0 aromatic heterocycles. The lowest BCUT2D eigenvalue weighted by Gasteiger charge is -2.12. The van der Waals surface area contributed by atoms with Crippen LogP contribution in [-0.2, 0) is 16.4 Å². The lowest BCUT2D eigenvalue weighted by Crippen LogP contribution is -2.37. The normalized spacial score (nSPS) is 19.4. The third-order valence-corrected chi connectivity index (χ3v) is 5.09.